The number of carbonyl (C=O) groups is 1. The van der Waals surface area contributed by atoms with Crippen LogP contribution in [0, 0.1) is 5.92 Å². The number of rotatable bonds is 5. The second kappa shape index (κ2) is 7.67. The number of aromatic hydroxyl groups is 1. The van der Waals surface area contributed by atoms with Crippen molar-refractivity contribution in [3.05, 3.63) is 42.4 Å². The van der Waals surface area contributed by atoms with Crippen molar-refractivity contribution in [3.63, 3.8) is 0 Å². The average molecular weight is 428 g/mol. The summed E-state index contributed by atoms with van der Waals surface area (Å²) in [5, 5.41) is 17.7. The lowest BCUT2D eigenvalue weighted by Crippen LogP contribution is -2.40. The summed E-state index contributed by atoms with van der Waals surface area (Å²) in [6.07, 6.45) is 6.18. The number of nitrogens with zero attached hydrogens (tertiary/aromatic N) is 6. The maximum Gasteiger partial charge on any atom is 0.265 e. The number of hydrogen-bond acceptors (Lipinski definition) is 7. The fourth-order valence-electron chi connectivity index (χ4n) is 3.96. The molecule has 4 heterocycles. The normalized spacial score (nSPS) is 18.0. The largest absolute Gasteiger partial charge is 0.492 e. The first-order valence-electron chi connectivity index (χ1n) is 9.72. The van der Waals surface area contributed by atoms with Crippen LogP contribution in [0.1, 0.15) is 37.6 Å². The zero-order valence-electron chi connectivity index (χ0n) is 17.4. The van der Waals surface area contributed by atoms with Gasteiger partial charge in [0.15, 0.2) is 5.82 Å². The molecule has 1 amide bonds. The third-order valence-electron chi connectivity index (χ3n) is 5.19. The Morgan fingerprint density at radius 2 is 2.13 bits per heavy atom. The van der Waals surface area contributed by atoms with Crippen molar-refractivity contribution in [2.45, 2.75) is 37.6 Å². The predicted octanol–water partition coefficient (Wildman–Crippen LogP) is 2.77. The predicted molar refractivity (Wildman–Crippen MR) is 115 cm³/mol. The van der Waals surface area contributed by atoms with E-state index in [0.29, 0.717) is 23.1 Å². The van der Waals surface area contributed by atoms with Crippen molar-refractivity contribution in [1.29, 1.82) is 0 Å². The number of aryl methyl sites for hydroxylation is 1. The van der Waals surface area contributed by atoms with Crippen molar-refractivity contribution >= 4 is 23.7 Å². The lowest BCUT2D eigenvalue weighted by atomic mass is 9.97. The van der Waals surface area contributed by atoms with E-state index >= 15 is 0 Å². The molecule has 0 saturated carbocycles. The maximum atomic E-state index is 13.1. The first kappa shape index (κ1) is 20.3. The second-order valence-corrected chi connectivity index (χ2v) is 9.15. The minimum Gasteiger partial charge on any atom is -0.492 e. The summed E-state index contributed by atoms with van der Waals surface area (Å²) in [4.78, 5) is 20.9. The van der Waals surface area contributed by atoms with Crippen LogP contribution >= 0.6 is 11.9 Å². The van der Waals surface area contributed by atoms with Gasteiger partial charge >= 0.3 is 0 Å². The van der Waals surface area contributed by atoms with Gasteiger partial charge in [-0.25, -0.2) is 9.67 Å². The Bertz CT molecular complexity index is 1070. The molecule has 0 aromatic carbocycles. The van der Waals surface area contributed by atoms with Crippen LogP contribution in [0.4, 0.5) is 5.82 Å². The highest BCUT2D eigenvalue weighted by Gasteiger charge is 2.39. The third kappa shape index (κ3) is 4.00. The summed E-state index contributed by atoms with van der Waals surface area (Å²) in [6.45, 7) is 7.34. The molecule has 0 bridgehead atoms. The van der Waals surface area contributed by atoms with Gasteiger partial charge in [-0.15, -0.1) is 5.10 Å². The van der Waals surface area contributed by atoms with Gasteiger partial charge in [0.05, 0.1) is 16.7 Å². The fourth-order valence-corrected chi connectivity index (χ4v) is 4.59. The van der Waals surface area contributed by atoms with Crippen molar-refractivity contribution in [2.24, 2.45) is 13.0 Å². The Labute approximate surface area is 179 Å². The van der Waals surface area contributed by atoms with E-state index < -0.39 is 0 Å². The third-order valence-corrected chi connectivity index (χ3v) is 5.92. The summed E-state index contributed by atoms with van der Waals surface area (Å²) < 4.78 is 6.07. The number of aromatic nitrogens is 5. The lowest BCUT2D eigenvalue weighted by Gasteiger charge is -2.34. The van der Waals surface area contributed by atoms with Gasteiger partial charge in [-0.2, -0.15) is 5.10 Å². The highest BCUT2D eigenvalue weighted by molar-refractivity contribution is 7.98. The van der Waals surface area contributed by atoms with Crippen LogP contribution in [0.25, 0.3) is 5.82 Å². The number of hydrogen-bond donors (Lipinski definition) is 2. The van der Waals surface area contributed by atoms with Gasteiger partial charge < -0.3 is 10.0 Å². The fraction of sp³-hybridized carbons (Fsp3) is 0.400. The van der Waals surface area contributed by atoms with E-state index in [9.17, 15) is 9.90 Å². The Morgan fingerprint density at radius 3 is 2.73 bits per heavy atom. The van der Waals surface area contributed by atoms with Crippen LogP contribution in [-0.2, 0) is 7.05 Å². The summed E-state index contributed by atoms with van der Waals surface area (Å²) in [6, 6.07) is 4.98. The summed E-state index contributed by atoms with van der Waals surface area (Å²) in [5.41, 5.74) is 0.358. The molecule has 3 aromatic heterocycles. The molecule has 0 radical (unpaired) electrons. The summed E-state index contributed by atoms with van der Waals surface area (Å²) >= 11 is 1.22. The first-order valence-corrected chi connectivity index (χ1v) is 10.5. The van der Waals surface area contributed by atoms with Gasteiger partial charge in [0.25, 0.3) is 5.91 Å². The van der Waals surface area contributed by atoms with Gasteiger partial charge in [0, 0.05) is 37.6 Å². The Morgan fingerprint density at radius 1 is 1.33 bits per heavy atom. The van der Waals surface area contributed by atoms with E-state index in [2.05, 4.69) is 40.6 Å². The molecule has 1 fully saturated rings. The van der Waals surface area contributed by atoms with E-state index in [1.165, 1.54) is 22.7 Å². The van der Waals surface area contributed by atoms with Crippen LogP contribution in [0.2, 0.25) is 0 Å². The number of anilines is 1. The van der Waals surface area contributed by atoms with Crippen molar-refractivity contribution in [2.75, 3.05) is 11.4 Å². The zero-order valence-corrected chi connectivity index (χ0v) is 18.2. The van der Waals surface area contributed by atoms with E-state index in [4.69, 9.17) is 4.98 Å². The minimum atomic E-state index is -0.225. The van der Waals surface area contributed by atoms with Gasteiger partial charge in [-0.05, 0) is 50.3 Å². The van der Waals surface area contributed by atoms with Crippen LogP contribution in [0.5, 0.6) is 5.88 Å². The summed E-state index contributed by atoms with van der Waals surface area (Å²) in [7, 11) is 1.83. The maximum absolute atomic E-state index is 13.1. The second-order valence-electron chi connectivity index (χ2n) is 8.27. The van der Waals surface area contributed by atoms with Gasteiger partial charge in [-0.1, -0.05) is 6.92 Å². The molecule has 1 aliphatic rings. The molecule has 0 spiro atoms. The standard InChI is InChI=1S/C20H25N7O2S/c1-13-9-20(2,3)26(11-13)18-15(19(29)24-30-14-10-21-25(4)12-14)5-6-16(22-18)27-8-7-17(28)23-27/h5-8,10,12-13H,9,11H2,1-4H3,(H,23,28)(H,24,29)/t13-/m0/s1. The number of amides is 1. The van der Waals surface area contributed by atoms with Crippen LogP contribution in [-0.4, -0.2) is 47.6 Å². The molecule has 0 unspecified atom stereocenters. The molecule has 1 atom stereocenters. The quantitative estimate of drug-likeness (QED) is 0.604. The number of pyridine rings is 1. The van der Waals surface area contributed by atoms with Crippen LogP contribution in [0.15, 0.2) is 41.7 Å². The van der Waals surface area contributed by atoms with E-state index in [0.717, 1.165) is 17.9 Å². The van der Waals surface area contributed by atoms with Gasteiger partial charge in [-0.3, -0.25) is 14.2 Å². The highest BCUT2D eigenvalue weighted by atomic mass is 32.2. The molecule has 2 N–H and O–H groups in total. The molecule has 1 aliphatic heterocycles. The zero-order chi connectivity index (χ0) is 21.5. The lowest BCUT2D eigenvalue weighted by molar-refractivity contribution is 0.0984. The molecule has 10 heteroatoms. The smallest absolute Gasteiger partial charge is 0.265 e. The molecule has 1 saturated heterocycles. The highest BCUT2D eigenvalue weighted by Crippen LogP contribution is 2.37. The van der Waals surface area contributed by atoms with Gasteiger partial charge in [0.1, 0.15) is 5.82 Å². The molecule has 30 heavy (non-hydrogen) atoms. The van der Waals surface area contributed by atoms with E-state index in [-0.39, 0.29) is 17.3 Å². The number of nitrogens with one attached hydrogen (secondary N) is 1. The van der Waals surface area contributed by atoms with Crippen molar-refractivity contribution in [3.8, 4) is 11.7 Å². The van der Waals surface area contributed by atoms with Crippen molar-refractivity contribution in [1.82, 2.24) is 29.3 Å². The monoisotopic (exact) mass is 427 g/mol. The van der Waals surface area contributed by atoms with Crippen LogP contribution in [0.3, 0.4) is 0 Å². The average Bonchev–Trinajstić information content (AvgIpc) is 3.37. The van der Waals surface area contributed by atoms with Crippen molar-refractivity contribution < 1.29 is 9.90 Å². The minimum absolute atomic E-state index is 0.0804. The topological polar surface area (TPSA) is 101 Å². The molecular formula is C20H25N7O2S. The van der Waals surface area contributed by atoms with E-state index in [1.54, 1.807) is 29.2 Å². The van der Waals surface area contributed by atoms with E-state index in [1.807, 2.05) is 13.2 Å². The first-order chi connectivity index (χ1) is 14.2. The Hall–Kier alpha value is -3.01. The molecular weight excluding hydrogens is 402 g/mol. The SMILES string of the molecule is C[C@@H]1CN(c2nc(-n3ccc(O)n3)ccc2C(=O)NSc2cnn(C)c2)C(C)(C)C1. The Kier molecular flexibility index (Phi) is 5.19. The van der Waals surface area contributed by atoms with Crippen LogP contribution < -0.4 is 9.62 Å². The molecule has 4 rings (SSSR count). The molecule has 0 aliphatic carbocycles. The Balaban J connectivity index is 1.68. The van der Waals surface area contributed by atoms with Gasteiger partial charge in [0.2, 0.25) is 5.88 Å². The molecule has 3 aromatic rings. The summed E-state index contributed by atoms with van der Waals surface area (Å²) in [5.74, 6) is 1.33. The molecule has 158 valence electrons. The molecule has 9 nitrogen and oxygen atoms in total. The number of carbonyl (C=O) groups excluding carboxylic acids is 1.